The van der Waals surface area contributed by atoms with Gasteiger partial charge in [0.2, 0.25) is 29.4 Å². The number of carbonyl (C=O) groups excluding carboxylic acids is 6. The highest BCUT2D eigenvalue weighted by Crippen LogP contribution is 2.30. The zero-order valence-corrected chi connectivity index (χ0v) is 32.1. The molecule has 3 heterocycles. The van der Waals surface area contributed by atoms with Crippen molar-refractivity contribution in [2.45, 2.75) is 128 Å². The lowest BCUT2D eigenvalue weighted by Crippen LogP contribution is -2.62. The van der Waals surface area contributed by atoms with Gasteiger partial charge in [-0.1, -0.05) is 65.0 Å². The molecule has 0 radical (unpaired) electrons. The zero-order valence-electron chi connectivity index (χ0n) is 31.3. The summed E-state index contributed by atoms with van der Waals surface area (Å²) in [6, 6.07) is -1.14. The fourth-order valence-electron chi connectivity index (χ4n) is 6.99. The monoisotopic (exact) mass is 766 g/mol. The molecule has 2 aliphatic carbocycles. The molecule has 0 aromatic carbocycles. The number of ketones is 1. The van der Waals surface area contributed by atoms with E-state index in [0.29, 0.717) is 11.4 Å². The minimum atomic E-state index is -1.13. The largest absolute Gasteiger partial charge is 0.472 e. The Morgan fingerprint density at radius 1 is 0.944 bits per heavy atom. The Balaban J connectivity index is 1.39. The molecule has 1 saturated heterocycles. The van der Waals surface area contributed by atoms with Gasteiger partial charge < -0.3 is 30.9 Å². The summed E-state index contributed by atoms with van der Waals surface area (Å²) < 4.78 is 6.11. The van der Waals surface area contributed by atoms with Crippen LogP contribution in [-0.4, -0.2) is 98.0 Å². The van der Waals surface area contributed by atoms with Crippen LogP contribution in [0.5, 0.6) is 5.88 Å². The van der Waals surface area contributed by atoms with Crippen molar-refractivity contribution in [3.63, 3.8) is 0 Å². The average Bonchev–Trinajstić information content (AvgIpc) is 3.88. The second-order valence-corrected chi connectivity index (χ2v) is 15.9. The third kappa shape index (κ3) is 10.7. The fourth-order valence-corrected chi connectivity index (χ4v) is 7.10. The molecular formula is C38H51ClN8O7. The molecule has 2 aromatic heterocycles. The maximum Gasteiger partial charge on any atom is 0.289 e. The summed E-state index contributed by atoms with van der Waals surface area (Å²) in [4.78, 5) is 95.8. The van der Waals surface area contributed by atoms with Crippen molar-refractivity contribution in [2.24, 2.45) is 11.3 Å². The normalized spacial score (nSPS) is 20.6. The lowest BCUT2D eigenvalue weighted by molar-refractivity contribution is -0.145. The number of aromatic nitrogens is 3. The summed E-state index contributed by atoms with van der Waals surface area (Å²) in [5.74, 6) is -3.68. The zero-order chi connectivity index (χ0) is 39.0. The molecule has 5 amide bonds. The predicted molar refractivity (Wildman–Crippen MR) is 198 cm³/mol. The van der Waals surface area contributed by atoms with Crippen molar-refractivity contribution in [3.05, 3.63) is 47.6 Å². The molecule has 15 nitrogen and oxygen atoms in total. The second-order valence-electron chi connectivity index (χ2n) is 15.5. The summed E-state index contributed by atoms with van der Waals surface area (Å²) in [7, 11) is 0. The predicted octanol–water partition coefficient (Wildman–Crippen LogP) is 2.92. The van der Waals surface area contributed by atoms with E-state index >= 15 is 0 Å². The molecule has 5 rings (SSSR count). The lowest BCUT2D eigenvalue weighted by Gasteiger charge is -2.37. The van der Waals surface area contributed by atoms with Crippen LogP contribution in [0.1, 0.15) is 102 Å². The SMILES string of the molecule is CCC[C@@H](NC(=O)[C@H]1CC(Oc2ccc(Cl)cn2)CN1C(=O)[C@H](NC(=O)[C@@H](NC(=O)c1cnccn1)C1CCCCC1)C(C)(C)C)C(=O)C(=O)NC1CC1. The van der Waals surface area contributed by atoms with E-state index in [1.54, 1.807) is 32.9 Å². The quantitative estimate of drug-likeness (QED) is 0.195. The van der Waals surface area contributed by atoms with Gasteiger partial charge in [-0.15, -0.1) is 0 Å². The minimum Gasteiger partial charge on any atom is -0.472 e. The Bertz CT molecular complexity index is 1660. The van der Waals surface area contributed by atoms with Crippen LogP contribution in [0.15, 0.2) is 36.9 Å². The number of hydrogen-bond acceptors (Lipinski definition) is 10. The van der Waals surface area contributed by atoms with Gasteiger partial charge in [-0.3, -0.25) is 33.8 Å². The minimum absolute atomic E-state index is 0.0340. The molecule has 4 N–H and O–H groups in total. The molecule has 3 fully saturated rings. The van der Waals surface area contributed by atoms with Crippen LogP contribution in [-0.2, 0) is 24.0 Å². The summed E-state index contributed by atoms with van der Waals surface area (Å²) in [5.41, 5.74) is -0.787. The van der Waals surface area contributed by atoms with Crippen LogP contribution in [0.25, 0.3) is 0 Å². The van der Waals surface area contributed by atoms with E-state index in [1.807, 2.05) is 6.92 Å². The molecule has 54 heavy (non-hydrogen) atoms. The maximum atomic E-state index is 14.7. The highest BCUT2D eigenvalue weighted by atomic mass is 35.5. The Morgan fingerprint density at radius 2 is 1.69 bits per heavy atom. The molecule has 0 bridgehead atoms. The van der Waals surface area contributed by atoms with Gasteiger partial charge >= 0.3 is 0 Å². The Hall–Kier alpha value is -4.66. The Morgan fingerprint density at radius 3 is 2.30 bits per heavy atom. The first-order valence-electron chi connectivity index (χ1n) is 18.9. The van der Waals surface area contributed by atoms with Gasteiger partial charge in [0.05, 0.1) is 23.8 Å². The van der Waals surface area contributed by atoms with Crippen molar-refractivity contribution in [1.82, 2.24) is 41.1 Å². The molecule has 1 aliphatic heterocycles. The number of amides is 5. The van der Waals surface area contributed by atoms with Crippen LogP contribution in [0.2, 0.25) is 5.02 Å². The van der Waals surface area contributed by atoms with Crippen LogP contribution in [0.4, 0.5) is 0 Å². The topological polar surface area (TPSA) is 202 Å². The van der Waals surface area contributed by atoms with Gasteiger partial charge in [0.1, 0.15) is 29.9 Å². The molecule has 292 valence electrons. The number of pyridine rings is 1. The molecule has 0 spiro atoms. The van der Waals surface area contributed by atoms with E-state index in [1.165, 1.54) is 29.7 Å². The van der Waals surface area contributed by atoms with Gasteiger partial charge in [0.15, 0.2) is 0 Å². The Kier molecular flexibility index (Phi) is 13.6. The molecule has 3 aliphatic rings. The van der Waals surface area contributed by atoms with Crippen molar-refractivity contribution >= 4 is 46.9 Å². The van der Waals surface area contributed by atoms with E-state index in [4.69, 9.17) is 16.3 Å². The number of ether oxygens (including phenoxy) is 1. The fraction of sp³-hybridized carbons (Fsp3) is 0.605. The molecule has 1 unspecified atom stereocenters. The standard InChI is InChI=1S/C38H51ClN8O7/c1-5-9-26(31(48)36(52)43-24-13-14-24)44-34(50)28-18-25(54-29-15-12-23(39)19-42-29)21-47(28)37(53)32(38(2,3)4)46-35(51)30(22-10-7-6-8-11-22)45-33(49)27-20-40-16-17-41-27/h12,15-17,19-20,22,24-26,28,30,32H,5-11,13-14,18,21H2,1-4H3,(H,43,52)(H,44,50)(H,45,49)(H,46,51)/t25?,26-,28-,30+,32+/m1/s1. The van der Waals surface area contributed by atoms with Crippen LogP contribution >= 0.6 is 11.6 Å². The first-order valence-corrected chi connectivity index (χ1v) is 19.2. The van der Waals surface area contributed by atoms with E-state index in [-0.39, 0.29) is 42.9 Å². The number of likely N-dealkylation sites (tertiary alicyclic amines) is 1. The number of nitrogens with zero attached hydrogens (tertiary/aromatic N) is 4. The van der Waals surface area contributed by atoms with Gasteiger partial charge in [-0.25, -0.2) is 9.97 Å². The first-order chi connectivity index (χ1) is 25.7. The van der Waals surface area contributed by atoms with Crippen molar-refractivity contribution in [2.75, 3.05) is 6.54 Å². The van der Waals surface area contributed by atoms with Crippen molar-refractivity contribution in [3.8, 4) is 5.88 Å². The van der Waals surface area contributed by atoms with Crippen LogP contribution in [0, 0.1) is 11.3 Å². The van der Waals surface area contributed by atoms with Gasteiger partial charge in [-0.2, -0.15) is 0 Å². The summed E-state index contributed by atoms with van der Waals surface area (Å²) in [6.45, 7) is 7.21. The summed E-state index contributed by atoms with van der Waals surface area (Å²) in [5, 5.41) is 11.7. The van der Waals surface area contributed by atoms with E-state index < -0.39 is 71.0 Å². The van der Waals surface area contributed by atoms with E-state index in [2.05, 4.69) is 36.2 Å². The van der Waals surface area contributed by atoms with E-state index in [0.717, 1.165) is 44.9 Å². The molecule has 16 heteroatoms. The lowest BCUT2D eigenvalue weighted by atomic mass is 9.82. The highest BCUT2D eigenvalue weighted by Gasteiger charge is 2.47. The van der Waals surface area contributed by atoms with Crippen LogP contribution in [0.3, 0.4) is 0 Å². The Labute approximate surface area is 320 Å². The van der Waals surface area contributed by atoms with Gasteiger partial charge in [0.25, 0.3) is 11.8 Å². The smallest absolute Gasteiger partial charge is 0.289 e. The number of Topliss-reactive ketones (excluding diaryl/α,β-unsaturated/α-hetero) is 1. The molecular weight excluding hydrogens is 716 g/mol. The van der Waals surface area contributed by atoms with Crippen molar-refractivity contribution in [1.29, 1.82) is 0 Å². The number of nitrogens with one attached hydrogen (secondary N) is 4. The average molecular weight is 767 g/mol. The van der Waals surface area contributed by atoms with Gasteiger partial charge in [-0.05, 0) is 49.5 Å². The third-order valence-electron chi connectivity index (χ3n) is 10.1. The molecule has 5 atom stereocenters. The van der Waals surface area contributed by atoms with E-state index in [9.17, 15) is 28.8 Å². The summed E-state index contributed by atoms with van der Waals surface area (Å²) in [6.07, 6.45) is 11.5. The third-order valence-corrected chi connectivity index (χ3v) is 10.3. The number of rotatable bonds is 15. The molecule has 2 saturated carbocycles. The number of carbonyl (C=O) groups is 6. The number of halogens is 1. The highest BCUT2D eigenvalue weighted by molar-refractivity contribution is 6.38. The molecule has 2 aromatic rings. The second kappa shape index (κ2) is 18.1. The van der Waals surface area contributed by atoms with Crippen molar-refractivity contribution < 1.29 is 33.5 Å². The first kappa shape index (κ1) is 40.5. The summed E-state index contributed by atoms with van der Waals surface area (Å²) >= 11 is 6.02. The maximum absolute atomic E-state index is 14.7. The number of hydrogen-bond donors (Lipinski definition) is 4. The van der Waals surface area contributed by atoms with Gasteiger partial charge in [0, 0.05) is 37.1 Å². The van der Waals surface area contributed by atoms with Crippen LogP contribution < -0.4 is 26.0 Å².